The lowest BCUT2D eigenvalue weighted by atomic mass is 10.2. The summed E-state index contributed by atoms with van der Waals surface area (Å²) >= 11 is 6.09. The van der Waals surface area contributed by atoms with Crippen LogP contribution in [0.25, 0.3) is 16.6 Å². The molecule has 0 aliphatic heterocycles. The van der Waals surface area contributed by atoms with Gasteiger partial charge in [0.1, 0.15) is 11.1 Å². The Bertz CT molecular complexity index is 746. The van der Waals surface area contributed by atoms with Crippen molar-refractivity contribution in [2.24, 2.45) is 0 Å². The molecule has 3 nitrogen and oxygen atoms in total. The fourth-order valence-corrected chi connectivity index (χ4v) is 2.06. The lowest BCUT2D eigenvalue weighted by molar-refractivity contribution is 1.00. The molecule has 0 radical (unpaired) electrons. The SMILES string of the molecule is N=c1c2c(Cl)cccc2nc2ccccn12. The van der Waals surface area contributed by atoms with Crippen LogP contribution in [0.3, 0.4) is 0 Å². The maximum absolute atomic E-state index is 8.11. The lowest BCUT2D eigenvalue weighted by Crippen LogP contribution is -2.15. The largest absolute Gasteiger partial charge is 0.286 e. The summed E-state index contributed by atoms with van der Waals surface area (Å²) in [5, 5.41) is 9.36. The number of nitrogens with zero attached hydrogens (tertiary/aromatic N) is 2. The van der Waals surface area contributed by atoms with Crippen molar-refractivity contribution in [1.82, 2.24) is 9.38 Å². The number of halogens is 1. The molecule has 2 heterocycles. The number of nitrogens with one attached hydrogen (secondary N) is 1. The highest BCUT2D eigenvalue weighted by molar-refractivity contribution is 6.35. The van der Waals surface area contributed by atoms with Crippen molar-refractivity contribution >= 4 is 28.2 Å². The Morgan fingerprint density at radius 1 is 1.12 bits per heavy atom. The van der Waals surface area contributed by atoms with Gasteiger partial charge in [0.2, 0.25) is 0 Å². The Morgan fingerprint density at radius 2 is 2.00 bits per heavy atom. The lowest BCUT2D eigenvalue weighted by Gasteiger charge is -2.05. The van der Waals surface area contributed by atoms with Gasteiger partial charge in [-0.1, -0.05) is 23.7 Å². The van der Waals surface area contributed by atoms with E-state index in [0.29, 0.717) is 15.9 Å². The van der Waals surface area contributed by atoms with E-state index in [4.69, 9.17) is 17.0 Å². The third kappa shape index (κ3) is 1.22. The molecule has 0 fully saturated rings. The van der Waals surface area contributed by atoms with Crippen LogP contribution in [-0.4, -0.2) is 9.38 Å². The Labute approximate surface area is 96.4 Å². The highest BCUT2D eigenvalue weighted by Crippen LogP contribution is 2.18. The van der Waals surface area contributed by atoms with Gasteiger partial charge < -0.3 is 0 Å². The summed E-state index contributed by atoms with van der Waals surface area (Å²) in [6.07, 6.45) is 1.81. The van der Waals surface area contributed by atoms with E-state index < -0.39 is 0 Å². The minimum absolute atomic E-state index is 0.367. The molecule has 3 aromatic rings. The summed E-state index contributed by atoms with van der Waals surface area (Å²) in [5.41, 5.74) is 1.87. The topological polar surface area (TPSA) is 41.2 Å². The van der Waals surface area contributed by atoms with E-state index in [2.05, 4.69) is 4.98 Å². The molecule has 0 saturated carbocycles. The second-order valence-electron chi connectivity index (χ2n) is 3.52. The van der Waals surface area contributed by atoms with Crippen LogP contribution in [0.5, 0.6) is 0 Å². The van der Waals surface area contributed by atoms with Gasteiger partial charge >= 0.3 is 0 Å². The van der Waals surface area contributed by atoms with Crippen LogP contribution in [0.4, 0.5) is 0 Å². The Morgan fingerprint density at radius 3 is 2.88 bits per heavy atom. The molecule has 0 atom stereocenters. The quantitative estimate of drug-likeness (QED) is 0.592. The monoisotopic (exact) mass is 229 g/mol. The second-order valence-corrected chi connectivity index (χ2v) is 3.93. The maximum Gasteiger partial charge on any atom is 0.141 e. The number of aromatic nitrogens is 2. The van der Waals surface area contributed by atoms with Gasteiger partial charge in [-0.25, -0.2) is 4.98 Å². The van der Waals surface area contributed by atoms with Gasteiger partial charge in [-0.05, 0) is 24.3 Å². The van der Waals surface area contributed by atoms with Crippen LogP contribution < -0.4 is 5.49 Å². The van der Waals surface area contributed by atoms with Crippen LogP contribution in [0, 0.1) is 5.41 Å². The van der Waals surface area contributed by atoms with Crippen molar-refractivity contribution in [2.75, 3.05) is 0 Å². The molecule has 2 aromatic heterocycles. The number of pyridine rings is 1. The van der Waals surface area contributed by atoms with Crippen molar-refractivity contribution in [2.45, 2.75) is 0 Å². The maximum atomic E-state index is 8.11. The molecule has 0 aliphatic rings. The fraction of sp³-hybridized carbons (Fsp3) is 0. The van der Waals surface area contributed by atoms with Gasteiger partial charge in [-0.3, -0.25) is 9.81 Å². The average Bonchev–Trinajstić information content (AvgIpc) is 2.29. The van der Waals surface area contributed by atoms with Crippen LogP contribution in [0.1, 0.15) is 0 Å². The summed E-state index contributed by atoms with van der Waals surface area (Å²) < 4.78 is 1.72. The van der Waals surface area contributed by atoms with Crippen LogP contribution in [0.2, 0.25) is 5.02 Å². The van der Waals surface area contributed by atoms with Crippen LogP contribution in [-0.2, 0) is 0 Å². The van der Waals surface area contributed by atoms with E-state index in [1.807, 2.05) is 36.5 Å². The Hall–Kier alpha value is -1.87. The van der Waals surface area contributed by atoms with Gasteiger partial charge in [-0.2, -0.15) is 0 Å². The van der Waals surface area contributed by atoms with Crippen molar-refractivity contribution < 1.29 is 0 Å². The number of hydrogen-bond donors (Lipinski definition) is 1. The first-order valence-electron chi connectivity index (χ1n) is 4.87. The molecule has 0 bridgehead atoms. The van der Waals surface area contributed by atoms with E-state index in [1.165, 1.54) is 0 Å². The highest BCUT2D eigenvalue weighted by Gasteiger charge is 2.04. The molecule has 0 saturated heterocycles. The van der Waals surface area contributed by atoms with Gasteiger partial charge in [0.05, 0.1) is 15.9 Å². The normalized spacial score (nSPS) is 11.1. The number of rotatable bonds is 0. The average molecular weight is 230 g/mol. The predicted molar refractivity (Wildman–Crippen MR) is 63.6 cm³/mol. The molecule has 16 heavy (non-hydrogen) atoms. The van der Waals surface area contributed by atoms with Gasteiger partial charge in [0, 0.05) is 6.20 Å². The smallest absolute Gasteiger partial charge is 0.141 e. The zero-order chi connectivity index (χ0) is 11.1. The fourth-order valence-electron chi connectivity index (χ4n) is 1.80. The Balaban J connectivity index is 2.67. The summed E-state index contributed by atoms with van der Waals surface area (Å²) in [6, 6.07) is 11.1. The molecule has 0 spiro atoms. The van der Waals surface area contributed by atoms with E-state index in [-0.39, 0.29) is 0 Å². The minimum Gasteiger partial charge on any atom is -0.286 e. The first kappa shape index (κ1) is 9.36. The third-order valence-corrected chi connectivity index (χ3v) is 2.86. The van der Waals surface area contributed by atoms with Crippen LogP contribution >= 0.6 is 11.6 Å². The van der Waals surface area contributed by atoms with E-state index in [9.17, 15) is 0 Å². The predicted octanol–water partition coefficient (Wildman–Crippen LogP) is 2.62. The molecular weight excluding hydrogens is 222 g/mol. The van der Waals surface area contributed by atoms with Crippen molar-refractivity contribution in [1.29, 1.82) is 5.41 Å². The molecule has 0 unspecified atom stereocenters. The van der Waals surface area contributed by atoms with E-state index in [1.54, 1.807) is 10.5 Å². The zero-order valence-electron chi connectivity index (χ0n) is 8.31. The Kier molecular flexibility index (Phi) is 1.94. The second kappa shape index (κ2) is 3.32. The summed E-state index contributed by atoms with van der Waals surface area (Å²) in [7, 11) is 0. The molecule has 1 N–H and O–H groups in total. The van der Waals surface area contributed by atoms with E-state index in [0.717, 1.165) is 11.2 Å². The van der Waals surface area contributed by atoms with Crippen molar-refractivity contribution in [3.05, 3.63) is 53.1 Å². The number of fused-ring (bicyclic) bond motifs is 2. The van der Waals surface area contributed by atoms with Crippen LogP contribution in [0.15, 0.2) is 42.6 Å². The molecular formula is C12H8ClN3. The standard InChI is InChI=1S/C12H8ClN3/c13-8-4-3-5-9-11(8)12(14)16-7-2-1-6-10(16)15-9/h1-7,14H. The summed E-state index contributed by atoms with van der Waals surface area (Å²) in [4.78, 5) is 4.46. The highest BCUT2D eigenvalue weighted by atomic mass is 35.5. The summed E-state index contributed by atoms with van der Waals surface area (Å²) in [5.74, 6) is 0. The van der Waals surface area contributed by atoms with Crippen molar-refractivity contribution in [3.8, 4) is 0 Å². The number of hydrogen-bond acceptors (Lipinski definition) is 2. The molecule has 1 aromatic carbocycles. The molecule has 4 heteroatoms. The molecule has 78 valence electrons. The number of benzene rings is 1. The third-order valence-electron chi connectivity index (χ3n) is 2.54. The molecule has 0 amide bonds. The molecule has 3 rings (SSSR count). The van der Waals surface area contributed by atoms with Gasteiger partial charge in [0.15, 0.2) is 0 Å². The van der Waals surface area contributed by atoms with Gasteiger partial charge in [0.25, 0.3) is 0 Å². The zero-order valence-corrected chi connectivity index (χ0v) is 9.07. The first-order valence-corrected chi connectivity index (χ1v) is 5.25. The first-order chi connectivity index (χ1) is 7.77. The van der Waals surface area contributed by atoms with Gasteiger partial charge in [-0.15, -0.1) is 0 Å². The van der Waals surface area contributed by atoms with Crippen molar-refractivity contribution in [3.63, 3.8) is 0 Å². The van der Waals surface area contributed by atoms with E-state index >= 15 is 0 Å². The minimum atomic E-state index is 0.367. The summed E-state index contributed by atoms with van der Waals surface area (Å²) in [6.45, 7) is 0. The molecule has 0 aliphatic carbocycles.